The van der Waals surface area contributed by atoms with Gasteiger partial charge in [-0.25, -0.2) is 0 Å². The summed E-state index contributed by atoms with van der Waals surface area (Å²) in [5.41, 5.74) is 3.37. The molecule has 0 saturated carbocycles. The van der Waals surface area contributed by atoms with Crippen molar-refractivity contribution in [3.8, 4) is 22.6 Å². The number of benzene rings is 2. The summed E-state index contributed by atoms with van der Waals surface area (Å²) in [6.07, 6.45) is 2.80. The molecule has 0 amide bonds. The Morgan fingerprint density at radius 1 is 1.09 bits per heavy atom. The summed E-state index contributed by atoms with van der Waals surface area (Å²) in [7, 11) is -1.57. The lowest BCUT2D eigenvalue weighted by Crippen LogP contribution is -1.96. The molecule has 0 heterocycles. The highest BCUT2D eigenvalue weighted by molar-refractivity contribution is 7.33. The fourth-order valence-corrected chi connectivity index (χ4v) is 3.90. The van der Waals surface area contributed by atoms with Crippen LogP contribution in [0.5, 0.6) is 11.5 Å². The first-order chi connectivity index (χ1) is 11.1. The normalized spacial score (nSPS) is 11.0. The minimum atomic E-state index is -1.57. The van der Waals surface area contributed by atoms with Gasteiger partial charge in [0.15, 0.2) is 0 Å². The Kier molecular flexibility index (Phi) is 7.28. The summed E-state index contributed by atoms with van der Waals surface area (Å²) >= 11 is 11.9. The largest absolute Gasteiger partial charge is 0.508 e. The van der Waals surface area contributed by atoms with Crippen LogP contribution in [0.2, 0.25) is 6.04 Å². The van der Waals surface area contributed by atoms with E-state index < -0.39 is 7.42 Å². The van der Waals surface area contributed by atoms with Crippen molar-refractivity contribution in [2.45, 2.75) is 32.2 Å². The lowest BCUT2D eigenvalue weighted by molar-refractivity contribution is 0.317. The molecule has 0 aliphatic rings. The zero-order valence-corrected chi connectivity index (χ0v) is 15.9. The van der Waals surface area contributed by atoms with Gasteiger partial charge >= 0.3 is 0 Å². The number of phenols is 1. The third kappa shape index (κ3) is 5.76. The summed E-state index contributed by atoms with van der Waals surface area (Å²) < 4.78 is 5.62. The van der Waals surface area contributed by atoms with Crippen molar-refractivity contribution < 1.29 is 9.84 Å². The standard InChI is InChI=1S/C18H22Cl2O2Si/c1-2-11-22-17-8-5-14(6-9-17)18-10-7-16(21)13-15(18)4-3-12-23(19)20/h5-10,13,21,23H,2-4,11-12H2,1H3. The van der Waals surface area contributed by atoms with E-state index in [1.807, 2.05) is 24.3 Å². The Labute approximate surface area is 149 Å². The molecule has 0 spiro atoms. The van der Waals surface area contributed by atoms with Crippen molar-refractivity contribution >= 4 is 29.6 Å². The molecule has 23 heavy (non-hydrogen) atoms. The smallest absolute Gasteiger partial charge is 0.237 e. The first-order valence-electron chi connectivity index (χ1n) is 7.93. The Hall–Kier alpha value is -1.16. The van der Waals surface area contributed by atoms with Gasteiger partial charge in [-0.2, -0.15) is 22.2 Å². The van der Waals surface area contributed by atoms with Gasteiger partial charge < -0.3 is 9.84 Å². The number of hydrogen-bond donors (Lipinski definition) is 1. The van der Waals surface area contributed by atoms with Crippen LogP contribution < -0.4 is 4.74 Å². The molecule has 0 bridgehead atoms. The SMILES string of the molecule is CCCOc1ccc(-c2ccc(O)cc2CCC[SiH](Cl)Cl)cc1. The number of ether oxygens (including phenoxy) is 1. The third-order valence-electron chi connectivity index (χ3n) is 3.60. The maximum Gasteiger partial charge on any atom is 0.237 e. The lowest BCUT2D eigenvalue weighted by atomic mass is 9.96. The quantitative estimate of drug-likeness (QED) is 0.493. The van der Waals surface area contributed by atoms with Crippen LogP contribution in [0.3, 0.4) is 0 Å². The summed E-state index contributed by atoms with van der Waals surface area (Å²) in [5.74, 6) is 1.17. The van der Waals surface area contributed by atoms with Gasteiger partial charge in [0.2, 0.25) is 7.42 Å². The van der Waals surface area contributed by atoms with Crippen molar-refractivity contribution in [2.24, 2.45) is 0 Å². The molecule has 0 unspecified atom stereocenters. The van der Waals surface area contributed by atoms with E-state index in [0.717, 1.165) is 54.4 Å². The van der Waals surface area contributed by atoms with Crippen LogP contribution in [0.25, 0.3) is 11.1 Å². The summed E-state index contributed by atoms with van der Waals surface area (Å²) in [5, 5.41) is 9.77. The van der Waals surface area contributed by atoms with E-state index in [-0.39, 0.29) is 5.75 Å². The molecule has 0 aliphatic heterocycles. The molecule has 2 rings (SSSR count). The minimum Gasteiger partial charge on any atom is -0.508 e. The molecular formula is C18H22Cl2O2Si. The van der Waals surface area contributed by atoms with Crippen LogP contribution in [0.4, 0.5) is 0 Å². The van der Waals surface area contributed by atoms with E-state index in [9.17, 15) is 5.11 Å². The highest BCUT2D eigenvalue weighted by atomic mass is 35.7. The van der Waals surface area contributed by atoms with Gasteiger partial charge in [0.25, 0.3) is 0 Å². The molecule has 0 radical (unpaired) electrons. The van der Waals surface area contributed by atoms with Crippen LogP contribution in [0.15, 0.2) is 42.5 Å². The molecule has 2 aromatic carbocycles. The topological polar surface area (TPSA) is 29.5 Å². The van der Waals surface area contributed by atoms with E-state index >= 15 is 0 Å². The second-order valence-corrected chi connectivity index (χ2v) is 10.7. The van der Waals surface area contributed by atoms with Crippen LogP contribution >= 0.6 is 22.2 Å². The minimum absolute atomic E-state index is 0.289. The van der Waals surface area contributed by atoms with E-state index in [1.54, 1.807) is 6.07 Å². The van der Waals surface area contributed by atoms with Gasteiger partial charge in [0, 0.05) is 0 Å². The van der Waals surface area contributed by atoms with E-state index in [1.165, 1.54) is 0 Å². The fraction of sp³-hybridized carbons (Fsp3) is 0.333. The molecule has 0 aromatic heterocycles. The average molecular weight is 369 g/mol. The number of phenolic OH excluding ortho intramolecular Hbond substituents is 1. The molecule has 1 N–H and O–H groups in total. The fourth-order valence-electron chi connectivity index (χ4n) is 2.47. The van der Waals surface area contributed by atoms with Crippen molar-refractivity contribution in [2.75, 3.05) is 6.61 Å². The Balaban J connectivity index is 2.17. The van der Waals surface area contributed by atoms with Gasteiger partial charge in [-0.3, -0.25) is 0 Å². The second kappa shape index (κ2) is 9.21. The van der Waals surface area contributed by atoms with Gasteiger partial charge in [-0.15, -0.1) is 0 Å². The predicted octanol–water partition coefficient (Wildman–Crippen LogP) is 5.48. The number of aryl methyl sites for hydroxylation is 1. The average Bonchev–Trinajstić information content (AvgIpc) is 2.53. The number of halogens is 2. The third-order valence-corrected chi connectivity index (χ3v) is 5.75. The monoisotopic (exact) mass is 368 g/mol. The Morgan fingerprint density at radius 3 is 2.48 bits per heavy atom. The first-order valence-corrected chi connectivity index (χ1v) is 12.2. The predicted molar refractivity (Wildman–Crippen MR) is 101 cm³/mol. The highest BCUT2D eigenvalue weighted by Gasteiger charge is 2.09. The Bertz CT molecular complexity index is 615. The van der Waals surface area contributed by atoms with Crippen molar-refractivity contribution in [1.82, 2.24) is 0 Å². The molecule has 0 atom stereocenters. The van der Waals surface area contributed by atoms with Crippen LogP contribution in [0, 0.1) is 0 Å². The second-order valence-electron chi connectivity index (χ2n) is 5.50. The number of aromatic hydroxyl groups is 1. The van der Waals surface area contributed by atoms with E-state index in [4.69, 9.17) is 26.9 Å². The maximum absolute atomic E-state index is 9.77. The molecule has 5 heteroatoms. The van der Waals surface area contributed by atoms with Crippen molar-refractivity contribution in [1.29, 1.82) is 0 Å². The van der Waals surface area contributed by atoms with Gasteiger partial charge in [-0.1, -0.05) is 25.1 Å². The number of hydrogen-bond acceptors (Lipinski definition) is 2. The van der Waals surface area contributed by atoms with Crippen LogP contribution in [-0.2, 0) is 6.42 Å². The maximum atomic E-state index is 9.77. The van der Waals surface area contributed by atoms with Crippen molar-refractivity contribution in [3.05, 3.63) is 48.0 Å². The van der Waals surface area contributed by atoms with E-state index in [2.05, 4.69) is 19.1 Å². The summed E-state index contributed by atoms with van der Waals surface area (Å²) in [6.45, 7) is 2.82. The highest BCUT2D eigenvalue weighted by Crippen LogP contribution is 2.30. The van der Waals surface area contributed by atoms with Gasteiger partial charge in [0.1, 0.15) is 11.5 Å². The van der Waals surface area contributed by atoms with Gasteiger partial charge in [-0.05, 0) is 66.3 Å². The number of rotatable bonds is 8. The molecule has 0 aliphatic carbocycles. The molecule has 2 aromatic rings. The molecule has 0 fully saturated rings. The summed E-state index contributed by atoms with van der Waals surface area (Å²) in [4.78, 5) is 0. The van der Waals surface area contributed by atoms with Crippen LogP contribution in [0.1, 0.15) is 25.3 Å². The summed E-state index contributed by atoms with van der Waals surface area (Å²) in [6, 6.07) is 14.5. The first kappa shape index (κ1) is 18.2. The molecule has 0 saturated heterocycles. The van der Waals surface area contributed by atoms with Gasteiger partial charge in [0.05, 0.1) is 6.61 Å². The zero-order valence-electron chi connectivity index (χ0n) is 13.3. The van der Waals surface area contributed by atoms with Crippen LogP contribution in [-0.4, -0.2) is 19.1 Å². The molecular weight excluding hydrogens is 347 g/mol. The Morgan fingerprint density at radius 2 is 1.83 bits per heavy atom. The molecule has 2 nitrogen and oxygen atoms in total. The zero-order chi connectivity index (χ0) is 16.7. The molecule has 124 valence electrons. The van der Waals surface area contributed by atoms with E-state index in [0.29, 0.717) is 0 Å². The lowest BCUT2D eigenvalue weighted by Gasteiger charge is -2.12. The van der Waals surface area contributed by atoms with Crippen molar-refractivity contribution in [3.63, 3.8) is 0 Å².